The van der Waals surface area contributed by atoms with E-state index in [1.54, 1.807) is 6.33 Å². The quantitative estimate of drug-likeness (QED) is 0.855. The summed E-state index contributed by atoms with van der Waals surface area (Å²) in [7, 11) is 0. The molecule has 78 valence electrons. The zero-order valence-corrected chi connectivity index (χ0v) is 9.29. The molecule has 0 saturated carbocycles. The zero-order chi connectivity index (χ0) is 10.5. The van der Waals surface area contributed by atoms with E-state index in [1.165, 1.54) is 16.4 Å². The lowest BCUT2D eigenvalue weighted by Crippen LogP contribution is -2.05. The SMILES string of the molecule is Cc1cc(NCCc2ccns2)ncn1. The lowest BCUT2D eigenvalue weighted by molar-refractivity contribution is 1.01. The predicted molar refractivity (Wildman–Crippen MR) is 61.1 cm³/mol. The van der Waals surface area contributed by atoms with Crippen LogP contribution < -0.4 is 5.32 Å². The predicted octanol–water partition coefficient (Wildman–Crippen LogP) is 1.90. The topological polar surface area (TPSA) is 50.7 Å². The van der Waals surface area contributed by atoms with Crippen LogP contribution in [0.1, 0.15) is 10.6 Å². The molecule has 0 spiro atoms. The van der Waals surface area contributed by atoms with E-state index in [2.05, 4.69) is 19.7 Å². The lowest BCUT2D eigenvalue weighted by atomic mass is 10.3. The van der Waals surface area contributed by atoms with Gasteiger partial charge in [-0.25, -0.2) is 14.3 Å². The normalized spacial score (nSPS) is 10.2. The Kier molecular flexibility index (Phi) is 3.24. The Labute approximate surface area is 92.6 Å². The van der Waals surface area contributed by atoms with Crippen molar-refractivity contribution in [1.29, 1.82) is 0 Å². The highest BCUT2D eigenvalue weighted by atomic mass is 32.1. The highest BCUT2D eigenvalue weighted by Gasteiger charge is 1.96. The fraction of sp³-hybridized carbons (Fsp3) is 0.300. The minimum Gasteiger partial charge on any atom is -0.370 e. The zero-order valence-electron chi connectivity index (χ0n) is 8.47. The van der Waals surface area contributed by atoms with Gasteiger partial charge in [0.25, 0.3) is 0 Å². The molecule has 0 fully saturated rings. The number of rotatable bonds is 4. The maximum atomic E-state index is 4.12. The van der Waals surface area contributed by atoms with E-state index in [9.17, 15) is 0 Å². The van der Waals surface area contributed by atoms with Crippen molar-refractivity contribution in [2.45, 2.75) is 13.3 Å². The number of nitrogens with one attached hydrogen (secondary N) is 1. The van der Waals surface area contributed by atoms with E-state index in [1.807, 2.05) is 25.3 Å². The molecule has 0 atom stereocenters. The second-order valence-corrected chi connectivity index (χ2v) is 4.12. The summed E-state index contributed by atoms with van der Waals surface area (Å²) in [6.45, 7) is 2.83. The molecule has 2 aromatic heterocycles. The van der Waals surface area contributed by atoms with Crippen molar-refractivity contribution in [2.75, 3.05) is 11.9 Å². The summed E-state index contributed by atoms with van der Waals surface area (Å²) in [5.74, 6) is 0.881. The summed E-state index contributed by atoms with van der Waals surface area (Å²) < 4.78 is 4.05. The molecule has 0 amide bonds. The van der Waals surface area contributed by atoms with Gasteiger partial charge in [0, 0.05) is 35.8 Å². The lowest BCUT2D eigenvalue weighted by Gasteiger charge is -2.03. The number of aryl methyl sites for hydroxylation is 1. The minimum absolute atomic E-state index is 0.874. The van der Waals surface area contributed by atoms with Gasteiger partial charge < -0.3 is 5.32 Å². The van der Waals surface area contributed by atoms with Crippen LogP contribution in [0.15, 0.2) is 24.7 Å². The van der Waals surface area contributed by atoms with Crippen molar-refractivity contribution >= 4 is 17.4 Å². The Morgan fingerprint density at radius 3 is 3.07 bits per heavy atom. The molecule has 2 rings (SSSR count). The molecule has 5 heteroatoms. The molecular formula is C10H12N4S. The third-order valence-electron chi connectivity index (χ3n) is 1.97. The van der Waals surface area contributed by atoms with Crippen molar-refractivity contribution in [3.05, 3.63) is 35.2 Å². The van der Waals surface area contributed by atoms with Crippen LogP contribution in [0.3, 0.4) is 0 Å². The van der Waals surface area contributed by atoms with Crippen LogP contribution in [0.2, 0.25) is 0 Å². The van der Waals surface area contributed by atoms with E-state index in [-0.39, 0.29) is 0 Å². The van der Waals surface area contributed by atoms with Crippen molar-refractivity contribution in [2.24, 2.45) is 0 Å². The van der Waals surface area contributed by atoms with E-state index in [4.69, 9.17) is 0 Å². The third-order valence-corrected chi connectivity index (χ3v) is 2.77. The molecule has 4 nitrogen and oxygen atoms in total. The Morgan fingerprint density at radius 1 is 1.40 bits per heavy atom. The highest BCUT2D eigenvalue weighted by Crippen LogP contribution is 2.07. The van der Waals surface area contributed by atoms with Crippen molar-refractivity contribution in [1.82, 2.24) is 14.3 Å². The van der Waals surface area contributed by atoms with Gasteiger partial charge in [-0.1, -0.05) is 0 Å². The summed E-state index contributed by atoms with van der Waals surface area (Å²) in [5.41, 5.74) is 0.977. The van der Waals surface area contributed by atoms with Gasteiger partial charge in [-0.3, -0.25) is 0 Å². The Bertz CT molecular complexity index is 413. The van der Waals surface area contributed by atoms with Gasteiger partial charge in [-0.05, 0) is 24.5 Å². The Balaban J connectivity index is 1.83. The number of aromatic nitrogens is 3. The average Bonchev–Trinajstić information content (AvgIpc) is 2.71. The first-order valence-electron chi connectivity index (χ1n) is 4.76. The van der Waals surface area contributed by atoms with Crippen molar-refractivity contribution < 1.29 is 0 Å². The fourth-order valence-electron chi connectivity index (χ4n) is 1.24. The molecule has 0 radical (unpaired) electrons. The second kappa shape index (κ2) is 4.84. The van der Waals surface area contributed by atoms with E-state index >= 15 is 0 Å². The monoisotopic (exact) mass is 220 g/mol. The fourth-order valence-corrected chi connectivity index (χ4v) is 1.81. The van der Waals surface area contributed by atoms with Crippen LogP contribution in [-0.2, 0) is 6.42 Å². The summed E-state index contributed by atoms with van der Waals surface area (Å²) in [6.07, 6.45) is 4.38. The first kappa shape index (κ1) is 10.0. The molecule has 0 aromatic carbocycles. The van der Waals surface area contributed by atoms with Crippen LogP contribution in [0, 0.1) is 6.92 Å². The molecule has 0 aliphatic rings. The van der Waals surface area contributed by atoms with Crippen LogP contribution in [0.4, 0.5) is 5.82 Å². The van der Waals surface area contributed by atoms with Crippen LogP contribution in [0.5, 0.6) is 0 Å². The Morgan fingerprint density at radius 2 is 2.33 bits per heavy atom. The maximum Gasteiger partial charge on any atom is 0.129 e. The van der Waals surface area contributed by atoms with Crippen molar-refractivity contribution in [3.63, 3.8) is 0 Å². The number of nitrogens with zero attached hydrogens (tertiary/aromatic N) is 3. The van der Waals surface area contributed by atoms with Crippen LogP contribution in [0.25, 0.3) is 0 Å². The molecule has 1 N–H and O–H groups in total. The van der Waals surface area contributed by atoms with Gasteiger partial charge in [0.15, 0.2) is 0 Å². The second-order valence-electron chi connectivity index (χ2n) is 3.20. The molecule has 0 unspecified atom stereocenters. The molecular weight excluding hydrogens is 208 g/mol. The maximum absolute atomic E-state index is 4.12. The highest BCUT2D eigenvalue weighted by molar-refractivity contribution is 7.05. The van der Waals surface area contributed by atoms with E-state index in [0.29, 0.717) is 0 Å². The van der Waals surface area contributed by atoms with Crippen LogP contribution >= 0.6 is 11.5 Å². The third kappa shape index (κ3) is 2.99. The van der Waals surface area contributed by atoms with Gasteiger partial charge in [-0.15, -0.1) is 0 Å². The Hall–Kier alpha value is -1.49. The minimum atomic E-state index is 0.874. The standard InChI is InChI=1S/C10H12N4S/c1-8-6-10(13-7-12-8)11-4-2-9-3-5-14-15-9/h3,5-7H,2,4H2,1H3,(H,11,12,13). The largest absolute Gasteiger partial charge is 0.370 e. The number of hydrogen-bond donors (Lipinski definition) is 1. The molecule has 2 aromatic rings. The van der Waals surface area contributed by atoms with E-state index in [0.717, 1.165) is 24.5 Å². The number of hydrogen-bond acceptors (Lipinski definition) is 5. The average molecular weight is 220 g/mol. The van der Waals surface area contributed by atoms with Gasteiger partial charge in [-0.2, -0.15) is 0 Å². The van der Waals surface area contributed by atoms with Gasteiger partial charge >= 0.3 is 0 Å². The first-order valence-corrected chi connectivity index (χ1v) is 5.54. The molecule has 0 saturated heterocycles. The van der Waals surface area contributed by atoms with E-state index < -0.39 is 0 Å². The molecule has 0 aliphatic carbocycles. The van der Waals surface area contributed by atoms with Crippen LogP contribution in [-0.4, -0.2) is 20.9 Å². The number of anilines is 1. The summed E-state index contributed by atoms with van der Waals surface area (Å²) in [6, 6.07) is 3.98. The molecule has 0 aliphatic heterocycles. The van der Waals surface area contributed by atoms with Gasteiger partial charge in [0.05, 0.1) is 0 Å². The van der Waals surface area contributed by atoms with Crippen molar-refractivity contribution in [3.8, 4) is 0 Å². The molecule has 2 heterocycles. The summed E-state index contributed by atoms with van der Waals surface area (Å²) in [4.78, 5) is 9.45. The molecule has 0 bridgehead atoms. The molecule has 15 heavy (non-hydrogen) atoms. The first-order chi connectivity index (χ1) is 7.34. The smallest absolute Gasteiger partial charge is 0.129 e. The summed E-state index contributed by atoms with van der Waals surface area (Å²) >= 11 is 1.54. The van der Waals surface area contributed by atoms with Gasteiger partial charge in [0.1, 0.15) is 12.1 Å². The summed E-state index contributed by atoms with van der Waals surface area (Å²) in [5, 5.41) is 3.25. The van der Waals surface area contributed by atoms with Gasteiger partial charge in [0.2, 0.25) is 0 Å².